The predicted octanol–water partition coefficient (Wildman–Crippen LogP) is 7.11. The minimum atomic E-state index is 0. The van der Waals surface area contributed by atoms with Gasteiger partial charge < -0.3 is 15.0 Å². The minimum absolute atomic E-state index is 0. The van der Waals surface area contributed by atoms with Crippen molar-refractivity contribution in [2.75, 3.05) is 58.3 Å². The van der Waals surface area contributed by atoms with E-state index in [1.165, 1.54) is 11.1 Å². The Morgan fingerprint density at radius 2 is 1.64 bits per heavy atom. The van der Waals surface area contributed by atoms with Gasteiger partial charge in [-0.1, -0.05) is 65.7 Å². The third-order valence-corrected chi connectivity index (χ3v) is 8.78. The molecule has 6 nitrogen and oxygen atoms in total. The molecule has 2 aliphatic rings. The van der Waals surface area contributed by atoms with E-state index in [1.54, 1.807) is 7.11 Å². The lowest BCUT2D eigenvalue weighted by Gasteiger charge is -2.34. The second-order valence-corrected chi connectivity index (χ2v) is 11.7. The van der Waals surface area contributed by atoms with E-state index in [1.807, 2.05) is 24.4 Å². The van der Waals surface area contributed by atoms with Crippen molar-refractivity contribution in [3.05, 3.63) is 105 Å². The largest absolute Gasteiger partial charge is 0.383 e. The molecule has 6 rings (SSSR count). The zero-order valence-corrected chi connectivity index (χ0v) is 26.1. The van der Waals surface area contributed by atoms with Gasteiger partial charge in [0, 0.05) is 79.8 Å². The van der Waals surface area contributed by atoms with Crippen LogP contribution in [0.15, 0.2) is 72.9 Å². The number of fused-ring (bicyclic) bond motifs is 3. The number of anilines is 2. The van der Waals surface area contributed by atoms with E-state index in [9.17, 15) is 0 Å². The molecule has 1 aromatic heterocycles. The Balaban J connectivity index is 0.00000353. The summed E-state index contributed by atoms with van der Waals surface area (Å²) in [6, 6.07) is 22.8. The number of nitrogens with one attached hydrogen (secondary N) is 1. The van der Waals surface area contributed by atoms with E-state index >= 15 is 0 Å². The van der Waals surface area contributed by atoms with Crippen LogP contribution in [0.25, 0.3) is 11.3 Å². The lowest BCUT2D eigenvalue weighted by molar-refractivity contribution is 0.0976. The molecule has 1 aliphatic heterocycles. The number of piperazine rings is 1. The highest BCUT2D eigenvalue weighted by Crippen LogP contribution is 2.44. The van der Waals surface area contributed by atoms with Gasteiger partial charge in [0.05, 0.1) is 12.3 Å². The van der Waals surface area contributed by atoms with Gasteiger partial charge in [-0.3, -0.25) is 4.90 Å². The van der Waals surface area contributed by atoms with Crippen LogP contribution in [-0.4, -0.2) is 72.8 Å². The fourth-order valence-corrected chi connectivity index (χ4v) is 6.43. The zero-order valence-electron chi connectivity index (χ0n) is 23.7. The number of nitrogens with zero attached hydrogens (tertiary/aromatic N) is 4. The molecule has 1 saturated heterocycles. The molecule has 0 amide bonds. The minimum Gasteiger partial charge on any atom is -0.383 e. The quantitative estimate of drug-likeness (QED) is 0.214. The van der Waals surface area contributed by atoms with Crippen LogP contribution in [0, 0.1) is 0 Å². The van der Waals surface area contributed by atoms with Gasteiger partial charge >= 0.3 is 0 Å². The van der Waals surface area contributed by atoms with Crippen molar-refractivity contribution in [2.24, 2.45) is 0 Å². The van der Waals surface area contributed by atoms with Crippen molar-refractivity contribution in [2.45, 2.75) is 18.8 Å². The number of benzene rings is 3. The summed E-state index contributed by atoms with van der Waals surface area (Å²) >= 11 is 12.8. The van der Waals surface area contributed by atoms with Crippen molar-refractivity contribution in [1.29, 1.82) is 0 Å². The molecule has 2 heterocycles. The molecule has 220 valence electrons. The first kappa shape index (κ1) is 30.7. The SMILES string of the molecule is COCCN1CCN(CCc2ccc(Nc3ncc4c(n3)-c3ccccc3C(c3ccc(Cl)cc3Cl)C4)cc2)CC1.Cl. The fraction of sp³-hybridized carbons (Fsp3) is 0.333. The van der Waals surface area contributed by atoms with E-state index in [4.69, 9.17) is 32.9 Å². The van der Waals surface area contributed by atoms with Gasteiger partial charge in [-0.2, -0.15) is 0 Å². The summed E-state index contributed by atoms with van der Waals surface area (Å²) < 4.78 is 5.21. The van der Waals surface area contributed by atoms with Crippen molar-refractivity contribution in [3.63, 3.8) is 0 Å². The molecule has 9 heteroatoms. The first-order chi connectivity index (χ1) is 20.1. The van der Waals surface area contributed by atoms with Crippen LogP contribution in [0.3, 0.4) is 0 Å². The third kappa shape index (κ3) is 7.08. The predicted molar refractivity (Wildman–Crippen MR) is 175 cm³/mol. The molecule has 1 N–H and O–H groups in total. The van der Waals surface area contributed by atoms with Crippen molar-refractivity contribution >= 4 is 47.2 Å². The van der Waals surface area contributed by atoms with Crippen molar-refractivity contribution in [1.82, 2.24) is 19.8 Å². The summed E-state index contributed by atoms with van der Waals surface area (Å²) in [5.41, 5.74) is 7.80. The second kappa shape index (κ2) is 14.2. The Labute approximate surface area is 264 Å². The number of hydrogen-bond acceptors (Lipinski definition) is 6. The molecule has 0 bridgehead atoms. The van der Waals surface area contributed by atoms with Crippen LogP contribution >= 0.6 is 35.6 Å². The smallest absolute Gasteiger partial charge is 0.227 e. The molecular weight excluding hydrogens is 589 g/mol. The first-order valence-corrected chi connectivity index (χ1v) is 15.0. The average molecular weight is 625 g/mol. The maximum Gasteiger partial charge on any atom is 0.227 e. The molecule has 1 unspecified atom stereocenters. The Hall–Kier alpha value is -2.71. The lowest BCUT2D eigenvalue weighted by Crippen LogP contribution is -2.47. The molecule has 0 saturated carbocycles. The van der Waals surface area contributed by atoms with Crippen LogP contribution in [0.5, 0.6) is 0 Å². The van der Waals surface area contributed by atoms with Gasteiger partial charge in [-0.15, -0.1) is 12.4 Å². The van der Waals surface area contributed by atoms with Crippen LogP contribution in [0.2, 0.25) is 10.0 Å². The summed E-state index contributed by atoms with van der Waals surface area (Å²) in [7, 11) is 1.77. The first-order valence-electron chi connectivity index (χ1n) is 14.3. The van der Waals surface area contributed by atoms with Crippen molar-refractivity contribution < 1.29 is 4.74 Å². The van der Waals surface area contributed by atoms with Crippen LogP contribution in [0.4, 0.5) is 11.6 Å². The fourth-order valence-electron chi connectivity index (χ4n) is 5.89. The Kier molecular flexibility index (Phi) is 10.4. The van der Waals surface area contributed by atoms with Crippen molar-refractivity contribution in [3.8, 4) is 11.3 Å². The number of halogens is 3. The van der Waals surface area contributed by atoms with Crippen LogP contribution in [-0.2, 0) is 17.6 Å². The summed E-state index contributed by atoms with van der Waals surface area (Å²) in [6.07, 6.45) is 3.77. The van der Waals surface area contributed by atoms with Gasteiger partial charge in [0.15, 0.2) is 0 Å². The van der Waals surface area contributed by atoms with E-state index in [-0.39, 0.29) is 18.3 Å². The third-order valence-electron chi connectivity index (χ3n) is 8.22. The van der Waals surface area contributed by atoms with Crippen LogP contribution in [0.1, 0.15) is 28.2 Å². The van der Waals surface area contributed by atoms with Gasteiger partial charge in [0.1, 0.15) is 0 Å². The maximum atomic E-state index is 6.63. The van der Waals surface area contributed by atoms with Gasteiger partial charge in [0.2, 0.25) is 5.95 Å². The highest BCUT2D eigenvalue weighted by molar-refractivity contribution is 6.35. The van der Waals surface area contributed by atoms with Gasteiger partial charge in [0.25, 0.3) is 0 Å². The monoisotopic (exact) mass is 623 g/mol. The van der Waals surface area contributed by atoms with Gasteiger partial charge in [-0.25, -0.2) is 9.97 Å². The van der Waals surface area contributed by atoms with Gasteiger partial charge in [-0.05, 0) is 59.4 Å². The van der Waals surface area contributed by atoms with Crippen LogP contribution < -0.4 is 5.32 Å². The molecule has 1 atom stereocenters. The highest BCUT2D eigenvalue weighted by Gasteiger charge is 2.28. The molecule has 0 radical (unpaired) electrons. The highest BCUT2D eigenvalue weighted by atomic mass is 35.5. The van der Waals surface area contributed by atoms with E-state index in [0.29, 0.717) is 16.0 Å². The number of methoxy groups -OCH3 is 1. The lowest BCUT2D eigenvalue weighted by atomic mass is 9.78. The number of hydrogen-bond donors (Lipinski definition) is 1. The van der Waals surface area contributed by atoms with E-state index in [2.05, 4.69) is 68.6 Å². The Morgan fingerprint density at radius 3 is 2.38 bits per heavy atom. The summed E-state index contributed by atoms with van der Waals surface area (Å²) in [4.78, 5) is 14.7. The zero-order chi connectivity index (χ0) is 28.2. The molecule has 4 aromatic rings. The normalized spacial score (nSPS) is 16.8. The maximum absolute atomic E-state index is 6.63. The number of rotatable bonds is 9. The standard InChI is InChI=1S/C33H35Cl2N5O.ClH/c1-41-19-18-40-16-14-39(15-17-40)13-12-23-6-9-26(10-7-23)37-33-36-22-24-20-30(28-11-8-25(34)21-31(28)35)27-4-2-3-5-29(27)32(24)38-33;/h2-11,21-22,30H,12-20H2,1H3,(H,36,37,38);1H. The topological polar surface area (TPSA) is 53.5 Å². The Bertz CT molecular complexity index is 1490. The molecular formula is C33H36Cl3N5O. The molecule has 1 fully saturated rings. The van der Waals surface area contributed by atoms with E-state index in [0.717, 1.165) is 86.8 Å². The average Bonchev–Trinajstić information content (AvgIpc) is 3.00. The molecule has 1 aliphatic carbocycles. The second-order valence-electron chi connectivity index (χ2n) is 10.8. The number of ether oxygens (including phenoxy) is 1. The summed E-state index contributed by atoms with van der Waals surface area (Å²) in [5.74, 6) is 0.721. The Morgan fingerprint density at radius 1 is 0.905 bits per heavy atom. The molecule has 0 spiro atoms. The summed E-state index contributed by atoms with van der Waals surface area (Å²) in [6.45, 7) is 7.40. The number of aromatic nitrogens is 2. The molecule has 42 heavy (non-hydrogen) atoms. The molecule has 3 aromatic carbocycles. The summed E-state index contributed by atoms with van der Waals surface area (Å²) in [5, 5.41) is 4.74. The van der Waals surface area contributed by atoms with E-state index < -0.39 is 0 Å².